The van der Waals surface area contributed by atoms with E-state index in [1.165, 1.54) is 22.6 Å². The van der Waals surface area contributed by atoms with Crippen molar-refractivity contribution in [2.45, 2.75) is 41.3 Å². The lowest BCUT2D eigenvalue weighted by Crippen LogP contribution is -2.55. The summed E-state index contributed by atoms with van der Waals surface area (Å²) in [7, 11) is 0. The Morgan fingerprint density at radius 2 is 1.97 bits per heavy atom. The van der Waals surface area contributed by atoms with Gasteiger partial charge in [0.2, 0.25) is 0 Å². The highest BCUT2D eigenvalue weighted by atomic mass is 79.9. The molecule has 10 nitrogen and oxygen atoms in total. The van der Waals surface area contributed by atoms with Crippen LogP contribution in [0.1, 0.15) is 11.9 Å². The third-order valence-electron chi connectivity index (χ3n) is 5.82. The highest BCUT2D eigenvalue weighted by Gasteiger charge is 2.48. The van der Waals surface area contributed by atoms with Crippen molar-refractivity contribution in [2.24, 2.45) is 0 Å². The molecule has 5 atom stereocenters. The zero-order valence-corrected chi connectivity index (χ0v) is 21.7. The van der Waals surface area contributed by atoms with Gasteiger partial charge < -0.3 is 24.7 Å². The predicted octanol–water partition coefficient (Wildman–Crippen LogP) is 3.24. The summed E-state index contributed by atoms with van der Waals surface area (Å²) in [5.41, 5.74) is -0.778. The molecule has 1 aromatic carbocycles. The molecule has 4 aromatic rings. The third kappa shape index (κ3) is 5.62. The number of nitrogens with one attached hydrogen (secondary N) is 1. The zero-order valence-electron chi connectivity index (χ0n) is 19.3. The normalized spacial score (nSPS) is 23.6. The van der Waals surface area contributed by atoms with Crippen LogP contribution in [-0.4, -0.2) is 70.5 Å². The van der Waals surface area contributed by atoms with Crippen LogP contribution in [0.2, 0.25) is 0 Å². The number of hydrogen-bond donors (Lipinski definition) is 3. The van der Waals surface area contributed by atoms with E-state index < -0.39 is 53.8 Å². The molecular formula is C23H20BrF3N6O4S. The first kappa shape index (κ1) is 26.8. The lowest BCUT2D eigenvalue weighted by atomic mass is 9.97. The molecule has 1 aliphatic rings. The van der Waals surface area contributed by atoms with Crippen molar-refractivity contribution in [2.75, 3.05) is 6.61 Å². The average molecular weight is 613 g/mol. The molecule has 5 unspecified atom stereocenters. The third-order valence-corrected chi connectivity index (χ3v) is 7.36. The number of H-pyrrole nitrogens is 1. The van der Waals surface area contributed by atoms with Crippen molar-refractivity contribution in [1.29, 1.82) is 0 Å². The first-order valence-electron chi connectivity index (χ1n) is 11.2. The maximum Gasteiger partial charge on any atom is 0.194 e. The van der Waals surface area contributed by atoms with Crippen LogP contribution >= 0.6 is 27.7 Å². The van der Waals surface area contributed by atoms with Gasteiger partial charge in [0.25, 0.3) is 0 Å². The van der Waals surface area contributed by atoms with E-state index in [2.05, 4.69) is 41.2 Å². The van der Waals surface area contributed by atoms with Crippen molar-refractivity contribution >= 4 is 27.7 Å². The summed E-state index contributed by atoms with van der Waals surface area (Å²) in [5, 5.41) is 29.2. The van der Waals surface area contributed by atoms with Gasteiger partial charge in [-0.15, -0.1) is 5.10 Å². The summed E-state index contributed by atoms with van der Waals surface area (Å²) < 4.78 is 55.3. The highest BCUT2D eigenvalue weighted by molar-refractivity contribution is 9.10. The number of ether oxygens (including phenoxy) is 2. The van der Waals surface area contributed by atoms with Crippen LogP contribution < -0.4 is 0 Å². The summed E-state index contributed by atoms with van der Waals surface area (Å²) >= 11 is 4.64. The first-order valence-corrected chi connectivity index (χ1v) is 12.9. The second kappa shape index (κ2) is 11.5. The fourth-order valence-electron chi connectivity index (χ4n) is 4.04. The van der Waals surface area contributed by atoms with Gasteiger partial charge in [-0.3, -0.25) is 4.98 Å². The lowest BCUT2D eigenvalue weighted by molar-refractivity contribution is -0.196. The fourth-order valence-corrected chi connectivity index (χ4v) is 5.71. The fraction of sp³-hybridized carbons (Fsp3) is 0.304. The van der Waals surface area contributed by atoms with E-state index in [4.69, 9.17) is 9.47 Å². The number of aliphatic hydroxyl groups excluding tert-OH is 2. The van der Waals surface area contributed by atoms with Crippen LogP contribution in [0.15, 0.2) is 58.6 Å². The van der Waals surface area contributed by atoms with Crippen LogP contribution in [0.5, 0.6) is 0 Å². The molecule has 1 saturated heterocycles. The molecule has 3 aromatic heterocycles. The molecule has 5 rings (SSSR count). The maximum atomic E-state index is 13.8. The number of imidazole rings is 1. The van der Waals surface area contributed by atoms with Gasteiger partial charge in [0.1, 0.15) is 47.9 Å². The minimum atomic E-state index is -1.60. The Kier molecular flexibility index (Phi) is 8.11. The summed E-state index contributed by atoms with van der Waals surface area (Å²) in [4.78, 5) is 12.0. The van der Waals surface area contributed by atoms with E-state index in [9.17, 15) is 23.4 Å². The SMILES string of the molecule is OCC1OC(Sc2cncc(Br)c2)C(OCc2ncc[nH]2)C(n2cc(-c3cc(F)c(F)c(F)c3)nn2)C1O. The minimum Gasteiger partial charge on any atom is -0.394 e. The monoisotopic (exact) mass is 612 g/mol. The number of aromatic amines is 1. The van der Waals surface area contributed by atoms with Crippen LogP contribution in [0, 0.1) is 17.5 Å². The number of aromatic nitrogens is 6. The molecule has 0 bridgehead atoms. The molecule has 0 amide bonds. The Balaban J connectivity index is 1.51. The molecule has 1 aliphatic heterocycles. The van der Waals surface area contributed by atoms with Crippen LogP contribution in [-0.2, 0) is 16.1 Å². The summed E-state index contributed by atoms with van der Waals surface area (Å²) in [6, 6.07) is 2.47. The predicted molar refractivity (Wildman–Crippen MR) is 131 cm³/mol. The number of rotatable bonds is 8. The van der Waals surface area contributed by atoms with Gasteiger partial charge in [0.05, 0.1) is 12.8 Å². The number of pyridine rings is 1. The average Bonchev–Trinajstić information content (AvgIpc) is 3.59. The summed E-state index contributed by atoms with van der Waals surface area (Å²) in [6.45, 7) is -0.482. The Hall–Kier alpha value is -2.82. The van der Waals surface area contributed by atoms with Gasteiger partial charge in [-0.05, 0) is 34.1 Å². The molecule has 0 aliphatic carbocycles. The Morgan fingerprint density at radius 3 is 2.66 bits per heavy atom. The van der Waals surface area contributed by atoms with Crippen molar-refractivity contribution in [3.63, 3.8) is 0 Å². The number of nitrogens with zero attached hydrogens (tertiary/aromatic N) is 5. The van der Waals surface area contributed by atoms with Crippen LogP contribution in [0.4, 0.5) is 13.2 Å². The van der Waals surface area contributed by atoms with Gasteiger partial charge in [-0.25, -0.2) is 22.8 Å². The molecule has 0 radical (unpaired) electrons. The van der Waals surface area contributed by atoms with Gasteiger partial charge in [-0.2, -0.15) is 0 Å². The van der Waals surface area contributed by atoms with Crippen molar-refractivity contribution in [3.05, 3.63) is 76.9 Å². The molecule has 3 N–H and O–H groups in total. The molecular weight excluding hydrogens is 593 g/mol. The van der Waals surface area contributed by atoms with E-state index >= 15 is 0 Å². The molecule has 0 saturated carbocycles. The Bertz CT molecular complexity index is 1370. The minimum absolute atomic E-state index is 0.0256. The molecule has 1 fully saturated rings. The van der Waals surface area contributed by atoms with E-state index in [1.54, 1.807) is 24.8 Å². The second-order valence-corrected chi connectivity index (χ2v) is 10.4. The number of halogens is 4. The quantitative estimate of drug-likeness (QED) is 0.257. The first-order chi connectivity index (χ1) is 18.3. The van der Waals surface area contributed by atoms with Crippen molar-refractivity contribution in [3.8, 4) is 11.3 Å². The standard InChI is InChI=1S/C23H20BrF3N6O4S/c24-12-5-13(7-28-6-12)38-23-22(36-10-18-29-1-2-30-18)20(21(35)17(9-34)37-23)33-8-16(31-32-33)11-3-14(25)19(27)15(26)4-11/h1-8,17,20-23,34-35H,9-10H2,(H,29,30). The molecule has 200 valence electrons. The maximum absolute atomic E-state index is 13.8. The Labute approximate surface area is 226 Å². The Morgan fingerprint density at radius 1 is 1.18 bits per heavy atom. The molecule has 0 spiro atoms. The van der Waals surface area contributed by atoms with Gasteiger partial charge in [0.15, 0.2) is 17.5 Å². The van der Waals surface area contributed by atoms with Gasteiger partial charge in [0, 0.05) is 39.7 Å². The largest absolute Gasteiger partial charge is 0.394 e. The van der Waals surface area contributed by atoms with Gasteiger partial charge >= 0.3 is 0 Å². The van der Waals surface area contributed by atoms with Gasteiger partial charge in [-0.1, -0.05) is 17.0 Å². The van der Waals surface area contributed by atoms with E-state index in [0.717, 1.165) is 21.5 Å². The van der Waals surface area contributed by atoms with Crippen LogP contribution in [0.25, 0.3) is 11.3 Å². The lowest BCUT2D eigenvalue weighted by Gasteiger charge is -2.43. The second-order valence-electron chi connectivity index (χ2n) is 8.31. The molecule has 4 heterocycles. The number of aliphatic hydroxyl groups is 2. The smallest absolute Gasteiger partial charge is 0.194 e. The molecule has 38 heavy (non-hydrogen) atoms. The van der Waals surface area contributed by atoms with Crippen molar-refractivity contribution in [1.82, 2.24) is 29.9 Å². The number of hydrogen-bond acceptors (Lipinski definition) is 9. The van der Waals surface area contributed by atoms with Crippen LogP contribution in [0.3, 0.4) is 0 Å². The number of thioether (sulfide) groups is 1. The summed E-state index contributed by atoms with van der Waals surface area (Å²) in [6.07, 6.45) is 4.59. The number of benzene rings is 1. The van der Waals surface area contributed by atoms with E-state index in [0.29, 0.717) is 5.82 Å². The van der Waals surface area contributed by atoms with E-state index in [1.807, 2.05) is 6.07 Å². The van der Waals surface area contributed by atoms with Crippen molar-refractivity contribution < 1.29 is 32.9 Å². The zero-order chi connectivity index (χ0) is 26.8. The topological polar surface area (TPSA) is 131 Å². The molecule has 15 heteroatoms. The highest BCUT2D eigenvalue weighted by Crippen LogP contribution is 2.40. The summed E-state index contributed by atoms with van der Waals surface area (Å²) in [5.74, 6) is -3.83. The van der Waals surface area contributed by atoms with E-state index in [-0.39, 0.29) is 17.9 Å².